The number of piperidine rings is 1. The summed E-state index contributed by atoms with van der Waals surface area (Å²) in [5, 5.41) is 0.830. The minimum atomic E-state index is -0.259. The molecule has 4 heteroatoms. The molecular weight excluding hydrogens is 267 g/mol. The summed E-state index contributed by atoms with van der Waals surface area (Å²) >= 11 is 0. The van der Waals surface area contributed by atoms with Gasteiger partial charge in [-0.15, -0.1) is 0 Å². The van der Waals surface area contributed by atoms with E-state index >= 15 is 0 Å². The van der Waals surface area contributed by atoms with Crippen LogP contribution in [0.3, 0.4) is 0 Å². The molecule has 0 radical (unpaired) electrons. The van der Waals surface area contributed by atoms with Gasteiger partial charge in [-0.25, -0.2) is 4.39 Å². The van der Waals surface area contributed by atoms with Crippen LogP contribution in [0.15, 0.2) is 18.2 Å². The van der Waals surface area contributed by atoms with Gasteiger partial charge in [0.2, 0.25) is 5.91 Å². The highest BCUT2D eigenvalue weighted by Gasteiger charge is 2.57. The van der Waals surface area contributed by atoms with Gasteiger partial charge in [0.05, 0.1) is 6.42 Å². The van der Waals surface area contributed by atoms with Gasteiger partial charge in [0.1, 0.15) is 5.82 Å². The van der Waals surface area contributed by atoms with Crippen LogP contribution >= 0.6 is 0 Å². The average Bonchev–Trinajstić information content (AvgIpc) is 2.79. The van der Waals surface area contributed by atoms with E-state index in [1.165, 1.54) is 18.6 Å². The van der Waals surface area contributed by atoms with Gasteiger partial charge in [-0.2, -0.15) is 0 Å². The predicted octanol–water partition coefficient (Wildman–Crippen LogP) is 3.03. The van der Waals surface area contributed by atoms with Crippen molar-refractivity contribution in [2.45, 2.75) is 26.7 Å². The van der Waals surface area contributed by atoms with Crippen molar-refractivity contribution in [3.8, 4) is 0 Å². The zero-order valence-electron chi connectivity index (χ0n) is 12.4. The maximum absolute atomic E-state index is 13.5. The van der Waals surface area contributed by atoms with E-state index < -0.39 is 0 Å². The molecule has 2 heterocycles. The molecule has 21 heavy (non-hydrogen) atoms. The summed E-state index contributed by atoms with van der Waals surface area (Å²) in [6.45, 7) is 5.98. The normalized spacial score (nSPS) is 27.2. The summed E-state index contributed by atoms with van der Waals surface area (Å²) in [4.78, 5) is 17.7. The van der Waals surface area contributed by atoms with E-state index in [9.17, 15) is 9.18 Å². The fraction of sp³-hybridized carbons (Fsp3) is 0.471. The first-order valence-electron chi connectivity index (χ1n) is 7.51. The molecule has 3 nitrogen and oxygen atoms in total. The van der Waals surface area contributed by atoms with Crippen molar-refractivity contribution < 1.29 is 9.18 Å². The van der Waals surface area contributed by atoms with Gasteiger partial charge in [-0.1, -0.05) is 6.92 Å². The number of aromatic nitrogens is 1. The third-order valence-corrected chi connectivity index (χ3v) is 5.29. The Morgan fingerprint density at radius 3 is 3.05 bits per heavy atom. The van der Waals surface area contributed by atoms with Crippen LogP contribution in [0.1, 0.15) is 24.6 Å². The average molecular weight is 286 g/mol. The molecule has 1 amide bonds. The molecule has 2 fully saturated rings. The van der Waals surface area contributed by atoms with Crippen LogP contribution in [0.2, 0.25) is 0 Å². The lowest BCUT2D eigenvalue weighted by Crippen LogP contribution is -2.32. The lowest BCUT2D eigenvalue weighted by Gasteiger charge is -2.19. The Labute approximate surface area is 123 Å². The first kappa shape index (κ1) is 12.9. The Balaban J connectivity index is 1.61. The number of benzene rings is 1. The third kappa shape index (κ3) is 1.96. The van der Waals surface area contributed by atoms with Gasteiger partial charge >= 0.3 is 0 Å². The largest absolute Gasteiger partial charge is 0.358 e. The maximum atomic E-state index is 13.5. The van der Waals surface area contributed by atoms with Crippen molar-refractivity contribution in [1.29, 1.82) is 0 Å². The molecule has 1 aromatic heterocycles. The lowest BCUT2D eigenvalue weighted by molar-refractivity contribution is -0.130. The molecule has 0 spiro atoms. The Morgan fingerprint density at radius 2 is 2.33 bits per heavy atom. The molecule has 110 valence electrons. The Hall–Kier alpha value is -1.84. The van der Waals surface area contributed by atoms with Crippen molar-refractivity contribution in [3.63, 3.8) is 0 Å². The number of halogens is 1. The van der Waals surface area contributed by atoms with Crippen LogP contribution in [0.25, 0.3) is 10.9 Å². The topological polar surface area (TPSA) is 36.1 Å². The van der Waals surface area contributed by atoms with Crippen molar-refractivity contribution in [2.24, 2.45) is 11.3 Å². The van der Waals surface area contributed by atoms with E-state index in [1.807, 2.05) is 11.8 Å². The number of rotatable bonds is 2. The third-order valence-electron chi connectivity index (χ3n) is 5.29. The number of nitrogens with zero attached hydrogens (tertiary/aromatic N) is 1. The smallest absolute Gasteiger partial charge is 0.227 e. The zero-order chi connectivity index (χ0) is 14.8. The molecule has 1 saturated carbocycles. The fourth-order valence-electron chi connectivity index (χ4n) is 3.78. The second kappa shape index (κ2) is 4.09. The molecule has 1 saturated heterocycles. The van der Waals surface area contributed by atoms with Gasteiger partial charge < -0.3 is 9.88 Å². The molecule has 1 aliphatic carbocycles. The Kier molecular flexibility index (Phi) is 2.51. The first-order chi connectivity index (χ1) is 9.96. The van der Waals surface area contributed by atoms with E-state index in [1.54, 1.807) is 6.07 Å². The van der Waals surface area contributed by atoms with Crippen LogP contribution < -0.4 is 0 Å². The van der Waals surface area contributed by atoms with E-state index in [-0.39, 0.29) is 11.7 Å². The van der Waals surface area contributed by atoms with E-state index in [4.69, 9.17) is 0 Å². The molecule has 0 bridgehead atoms. The van der Waals surface area contributed by atoms with Crippen LogP contribution in [0.4, 0.5) is 4.39 Å². The highest BCUT2D eigenvalue weighted by atomic mass is 19.1. The second-order valence-corrected chi connectivity index (χ2v) is 6.92. The number of aromatic amines is 1. The molecular formula is C17H19FN2O. The van der Waals surface area contributed by atoms with Gasteiger partial charge in [0, 0.05) is 29.7 Å². The number of hydrogen-bond donors (Lipinski definition) is 1. The van der Waals surface area contributed by atoms with Crippen LogP contribution in [0.5, 0.6) is 0 Å². The predicted molar refractivity (Wildman–Crippen MR) is 79.5 cm³/mol. The summed E-state index contributed by atoms with van der Waals surface area (Å²) in [5.74, 6) is 0.602. The molecule has 1 aromatic carbocycles. The highest BCUT2D eigenvalue weighted by molar-refractivity contribution is 5.90. The van der Waals surface area contributed by atoms with E-state index in [2.05, 4.69) is 11.9 Å². The number of carbonyl (C=O) groups excluding carboxylic acids is 1. The van der Waals surface area contributed by atoms with E-state index in [0.29, 0.717) is 17.8 Å². The van der Waals surface area contributed by atoms with Gasteiger partial charge in [0.15, 0.2) is 0 Å². The summed E-state index contributed by atoms with van der Waals surface area (Å²) in [6.07, 6.45) is 1.62. The van der Waals surface area contributed by atoms with Crippen molar-refractivity contribution in [3.05, 3.63) is 35.3 Å². The number of fused-ring (bicyclic) bond motifs is 2. The first-order valence-corrected chi connectivity index (χ1v) is 7.51. The van der Waals surface area contributed by atoms with Gasteiger partial charge in [-0.3, -0.25) is 4.79 Å². The Bertz CT molecular complexity index is 751. The van der Waals surface area contributed by atoms with Crippen molar-refractivity contribution >= 4 is 16.8 Å². The van der Waals surface area contributed by atoms with Gasteiger partial charge in [-0.05, 0) is 48.4 Å². The number of likely N-dealkylation sites (tertiary alicyclic amines) is 1. The number of nitrogens with one attached hydrogen (secondary N) is 1. The summed E-state index contributed by atoms with van der Waals surface area (Å²) in [5.41, 5.74) is 3.16. The number of amides is 1. The maximum Gasteiger partial charge on any atom is 0.227 e. The minimum Gasteiger partial charge on any atom is -0.358 e. The van der Waals surface area contributed by atoms with Gasteiger partial charge in [0.25, 0.3) is 0 Å². The number of H-pyrrole nitrogens is 1. The highest BCUT2D eigenvalue weighted by Crippen LogP contribution is 2.57. The standard InChI is InChI=1S/C17H19FN2O/c1-10-13(14-5-12(18)3-4-15(14)19-10)6-16(21)20-8-11-7-17(11,2)9-20/h3-5,11,19H,6-9H2,1-2H3. The quantitative estimate of drug-likeness (QED) is 0.905. The SMILES string of the molecule is Cc1[nH]c2ccc(F)cc2c1CC(=O)N1CC2CC2(C)C1. The number of hydrogen-bond acceptors (Lipinski definition) is 1. The van der Waals surface area contributed by atoms with E-state index in [0.717, 1.165) is 35.2 Å². The summed E-state index contributed by atoms with van der Waals surface area (Å²) in [7, 11) is 0. The van der Waals surface area contributed by atoms with Crippen LogP contribution in [-0.2, 0) is 11.2 Å². The molecule has 1 N–H and O–H groups in total. The van der Waals surface area contributed by atoms with Crippen molar-refractivity contribution in [2.75, 3.05) is 13.1 Å². The fourth-order valence-corrected chi connectivity index (χ4v) is 3.78. The number of aryl methyl sites for hydroxylation is 1. The van der Waals surface area contributed by atoms with Crippen LogP contribution in [-0.4, -0.2) is 28.9 Å². The second-order valence-electron chi connectivity index (χ2n) is 6.92. The van der Waals surface area contributed by atoms with Crippen molar-refractivity contribution in [1.82, 2.24) is 9.88 Å². The molecule has 1 aliphatic heterocycles. The summed E-state index contributed by atoms with van der Waals surface area (Å²) < 4.78 is 13.5. The number of carbonyl (C=O) groups is 1. The molecule has 2 unspecified atom stereocenters. The zero-order valence-corrected chi connectivity index (χ0v) is 12.4. The molecule has 2 aromatic rings. The minimum absolute atomic E-state index is 0.164. The monoisotopic (exact) mass is 286 g/mol. The Morgan fingerprint density at radius 1 is 1.52 bits per heavy atom. The molecule has 4 rings (SSSR count). The lowest BCUT2D eigenvalue weighted by atomic mass is 10.1. The van der Waals surface area contributed by atoms with Crippen LogP contribution in [0, 0.1) is 24.1 Å². The molecule has 2 aliphatic rings. The molecule has 2 atom stereocenters. The summed E-state index contributed by atoms with van der Waals surface area (Å²) in [6, 6.07) is 4.70.